The van der Waals surface area contributed by atoms with Crippen LogP contribution in [0.4, 0.5) is 0 Å². The van der Waals surface area contributed by atoms with Crippen molar-refractivity contribution in [3.8, 4) is 0 Å². The zero-order valence-corrected chi connectivity index (χ0v) is 17.4. The van der Waals surface area contributed by atoms with Crippen molar-refractivity contribution in [2.75, 3.05) is 12.3 Å². The maximum Gasteiger partial charge on any atom is 0.332 e. The highest BCUT2D eigenvalue weighted by molar-refractivity contribution is 7.98. The Labute approximate surface area is 172 Å². The van der Waals surface area contributed by atoms with E-state index in [9.17, 15) is 14.4 Å². The Hall–Kier alpha value is -2.81. The van der Waals surface area contributed by atoms with Gasteiger partial charge in [-0.3, -0.25) is 18.7 Å². The van der Waals surface area contributed by atoms with Gasteiger partial charge in [-0.15, -0.1) is 0 Å². The number of aromatic nitrogens is 4. The molecule has 0 spiro atoms. The molecular formula is C20H25N5O3S. The number of carbonyl (C=O) groups excluding carboxylic acids is 1. The predicted molar refractivity (Wildman–Crippen MR) is 115 cm³/mol. The average Bonchev–Trinajstić information content (AvgIpc) is 3.15. The zero-order chi connectivity index (χ0) is 20.8. The standard InChI is InChI=1S/C20H25N5O3S/c1-23-18-17(19(27)24(2)20(23)28)25(14-22-18)11-6-9-16(26)21-10-12-29-13-15-7-4-3-5-8-15/h3-5,7-8,14H,6,9-13H2,1-2H3,(H,21,26). The molecule has 3 rings (SSSR count). The second kappa shape index (κ2) is 9.60. The molecule has 3 aromatic rings. The fourth-order valence-electron chi connectivity index (χ4n) is 3.09. The van der Waals surface area contributed by atoms with E-state index in [4.69, 9.17) is 0 Å². The van der Waals surface area contributed by atoms with Crippen LogP contribution in [0.15, 0.2) is 46.2 Å². The summed E-state index contributed by atoms with van der Waals surface area (Å²) in [5.74, 6) is 1.79. The average molecular weight is 416 g/mol. The Bertz CT molecular complexity index is 1100. The van der Waals surface area contributed by atoms with Gasteiger partial charge in [0.1, 0.15) is 0 Å². The Morgan fingerprint density at radius 2 is 1.90 bits per heavy atom. The van der Waals surface area contributed by atoms with Crippen LogP contribution in [-0.4, -0.2) is 36.9 Å². The van der Waals surface area contributed by atoms with Crippen LogP contribution in [0.1, 0.15) is 18.4 Å². The molecule has 1 N–H and O–H groups in total. The third-order valence-electron chi connectivity index (χ3n) is 4.70. The van der Waals surface area contributed by atoms with Gasteiger partial charge in [-0.1, -0.05) is 30.3 Å². The van der Waals surface area contributed by atoms with Crippen LogP contribution in [0.2, 0.25) is 0 Å². The van der Waals surface area contributed by atoms with Gasteiger partial charge >= 0.3 is 5.69 Å². The number of rotatable bonds is 9. The van der Waals surface area contributed by atoms with Gasteiger partial charge in [0.15, 0.2) is 11.2 Å². The molecule has 0 unspecified atom stereocenters. The summed E-state index contributed by atoms with van der Waals surface area (Å²) in [7, 11) is 3.04. The van der Waals surface area contributed by atoms with Crippen LogP contribution in [0.3, 0.4) is 0 Å². The fraction of sp³-hybridized carbons (Fsp3) is 0.400. The van der Waals surface area contributed by atoms with Crippen LogP contribution in [0.25, 0.3) is 11.2 Å². The summed E-state index contributed by atoms with van der Waals surface area (Å²) < 4.78 is 4.13. The minimum Gasteiger partial charge on any atom is -0.355 e. The third kappa shape index (κ3) is 4.97. The first-order valence-electron chi connectivity index (χ1n) is 9.48. The predicted octanol–water partition coefficient (Wildman–Crippen LogP) is 1.26. The van der Waals surface area contributed by atoms with E-state index in [1.54, 1.807) is 29.7 Å². The van der Waals surface area contributed by atoms with E-state index < -0.39 is 5.69 Å². The van der Waals surface area contributed by atoms with Crippen molar-refractivity contribution in [1.29, 1.82) is 0 Å². The molecule has 2 heterocycles. The fourth-order valence-corrected chi connectivity index (χ4v) is 3.91. The maximum atomic E-state index is 12.4. The molecule has 0 fully saturated rings. The van der Waals surface area contributed by atoms with E-state index in [0.717, 1.165) is 16.1 Å². The molecule has 0 atom stereocenters. The molecule has 0 saturated carbocycles. The number of carbonyl (C=O) groups is 1. The van der Waals surface area contributed by atoms with Crippen molar-refractivity contribution < 1.29 is 4.79 Å². The summed E-state index contributed by atoms with van der Waals surface area (Å²) in [6, 6.07) is 10.2. The number of hydrogen-bond donors (Lipinski definition) is 1. The largest absolute Gasteiger partial charge is 0.355 e. The zero-order valence-electron chi connectivity index (χ0n) is 16.6. The van der Waals surface area contributed by atoms with Crippen molar-refractivity contribution in [2.45, 2.75) is 25.1 Å². The van der Waals surface area contributed by atoms with E-state index in [2.05, 4.69) is 22.4 Å². The van der Waals surface area contributed by atoms with E-state index >= 15 is 0 Å². The van der Waals surface area contributed by atoms with Gasteiger partial charge in [-0.25, -0.2) is 9.78 Å². The van der Waals surface area contributed by atoms with E-state index in [-0.39, 0.29) is 11.5 Å². The van der Waals surface area contributed by atoms with Crippen molar-refractivity contribution in [3.63, 3.8) is 0 Å². The van der Waals surface area contributed by atoms with Gasteiger partial charge in [-0.05, 0) is 12.0 Å². The normalized spacial score (nSPS) is 11.1. The third-order valence-corrected chi connectivity index (χ3v) is 5.73. The SMILES string of the molecule is Cn1c(=O)c2c(ncn2CCCC(=O)NCCSCc2ccccc2)n(C)c1=O. The summed E-state index contributed by atoms with van der Waals surface area (Å²) in [5, 5.41) is 2.93. The van der Waals surface area contributed by atoms with Crippen LogP contribution in [0, 0.1) is 0 Å². The summed E-state index contributed by atoms with van der Waals surface area (Å²) in [4.78, 5) is 40.6. The Balaban J connectivity index is 1.44. The topological polar surface area (TPSA) is 90.9 Å². The molecule has 0 radical (unpaired) electrons. The van der Waals surface area contributed by atoms with Crippen LogP contribution < -0.4 is 16.6 Å². The summed E-state index contributed by atoms with van der Waals surface area (Å²) in [6.45, 7) is 1.12. The number of benzene rings is 1. The van der Waals surface area contributed by atoms with Gasteiger partial charge < -0.3 is 9.88 Å². The lowest BCUT2D eigenvalue weighted by molar-refractivity contribution is -0.121. The number of hydrogen-bond acceptors (Lipinski definition) is 5. The van der Waals surface area contributed by atoms with Gasteiger partial charge in [0.25, 0.3) is 5.56 Å². The molecule has 154 valence electrons. The second-order valence-corrected chi connectivity index (χ2v) is 7.91. The van der Waals surface area contributed by atoms with Gasteiger partial charge in [-0.2, -0.15) is 11.8 Å². The first kappa shape index (κ1) is 20.9. The molecular weight excluding hydrogens is 390 g/mol. The molecule has 1 amide bonds. The van der Waals surface area contributed by atoms with E-state index in [1.807, 2.05) is 18.2 Å². The highest BCUT2D eigenvalue weighted by atomic mass is 32.2. The minimum absolute atomic E-state index is 0.00460. The lowest BCUT2D eigenvalue weighted by Crippen LogP contribution is -2.37. The van der Waals surface area contributed by atoms with Crippen molar-refractivity contribution in [2.24, 2.45) is 14.1 Å². The first-order valence-corrected chi connectivity index (χ1v) is 10.6. The van der Waals surface area contributed by atoms with Gasteiger partial charge in [0, 0.05) is 45.1 Å². The molecule has 0 aliphatic carbocycles. The number of nitrogens with zero attached hydrogens (tertiary/aromatic N) is 4. The van der Waals surface area contributed by atoms with Crippen LogP contribution in [-0.2, 0) is 31.2 Å². The Morgan fingerprint density at radius 1 is 1.14 bits per heavy atom. The Kier molecular flexibility index (Phi) is 6.92. The highest BCUT2D eigenvalue weighted by Gasteiger charge is 2.14. The monoisotopic (exact) mass is 415 g/mol. The molecule has 2 aromatic heterocycles. The summed E-state index contributed by atoms with van der Waals surface area (Å²) in [5.41, 5.74) is 1.24. The number of imidazole rings is 1. The van der Waals surface area contributed by atoms with Crippen LogP contribution in [0.5, 0.6) is 0 Å². The van der Waals surface area contributed by atoms with Crippen molar-refractivity contribution in [1.82, 2.24) is 24.0 Å². The first-order chi connectivity index (χ1) is 14.0. The molecule has 0 saturated heterocycles. The number of nitrogens with one attached hydrogen (secondary N) is 1. The van der Waals surface area contributed by atoms with Crippen molar-refractivity contribution >= 4 is 28.8 Å². The minimum atomic E-state index is -0.405. The van der Waals surface area contributed by atoms with Crippen LogP contribution >= 0.6 is 11.8 Å². The van der Waals surface area contributed by atoms with E-state index in [0.29, 0.717) is 37.1 Å². The molecule has 29 heavy (non-hydrogen) atoms. The molecule has 9 heteroatoms. The highest BCUT2D eigenvalue weighted by Crippen LogP contribution is 2.11. The molecule has 1 aromatic carbocycles. The molecule has 8 nitrogen and oxygen atoms in total. The number of thioether (sulfide) groups is 1. The number of aryl methyl sites for hydroxylation is 2. The molecule has 0 bridgehead atoms. The lowest BCUT2D eigenvalue weighted by Gasteiger charge is -2.07. The van der Waals surface area contributed by atoms with Gasteiger partial charge in [0.2, 0.25) is 5.91 Å². The quantitative estimate of drug-likeness (QED) is 0.532. The summed E-state index contributed by atoms with van der Waals surface area (Å²) in [6.07, 6.45) is 2.50. The maximum absolute atomic E-state index is 12.4. The lowest BCUT2D eigenvalue weighted by atomic mass is 10.2. The van der Waals surface area contributed by atoms with E-state index in [1.165, 1.54) is 17.2 Å². The smallest absolute Gasteiger partial charge is 0.332 e. The molecule has 0 aliphatic heterocycles. The number of fused-ring (bicyclic) bond motifs is 1. The second-order valence-electron chi connectivity index (χ2n) is 6.81. The van der Waals surface area contributed by atoms with Gasteiger partial charge in [0.05, 0.1) is 6.33 Å². The Morgan fingerprint density at radius 3 is 2.66 bits per heavy atom. The van der Waals surface area contributed by atoms with Crippen molar-refractivity contribution in [3.05, 3.63) is 63.1 Å². The number of amides is 1. The summed E-state index contributed by atoms with van der Waals surface area (Å²) >= 11 is 1.79. The molecule has 0 aliphatic rings.